The maximum Gasteiger partial charge on any atom is 0.214 e. The number of hydrogen-bond donors (Lipinski definition) is 1. The van der Waals surface area contributed by atoms with Crippen LogP contribution >= 0.6 is 0 Å². The highest BCUT2D eigenvalue weighted by atomic mass is 16.5. The van der Waals surface area contributed by atoms with Crippen molar-refractivity contribution in [1.29, 1.82) is 0 Å². The SMILES string of the molecule is NCC(=O)c1onc2c1COCC2. The number of carbonyl (C=O) groups excluding carboxylic acids is 1. The number of hydrogen-bond acceptors (Lipinski definition) is 5. The average Bonchev–Trinajstić information content (AvgIpc) is 2.60. The van der Waals surface area contributed by atoms with Crippen molar-refractivity contribution in [3.63, 3.8) is 0 Å². The van der Waals surface area contributed by atoms with Crippen molar-refractivity contribution in [2.45, 2.75) is 13.0 Å². The predicted molar refractivity (Wildman–Crippen MR) is 43.2 cm³/mol. The zero-order chi connectivity index (χ0) is 9.26. The standard InChI is InChI=1S/C8H10N2O3/c9-3-7(11)8-5-4-12-2-1-6(5)10-13-8/h1-4,9H2. The van der Waals surface area contributed by atoms with Gasteiger partial charge in [0.1, 0.15) is 0 Å². The molecule has 1 aromatic heterocycles. The molecule has 0 aliphatic carbocycles. The minimum Gasteiger partial charge on any atom is -0.376 e. The monoisotopic (exact) mass is 182 g/mol. The van der Waals surface area contributed by atoms with Crippen LogP contribution in [0.5, 0.6) is 0 Å². The second-order valence-electron chi connectivity index (χ2n) is 2.87. The van der Waals surface area contributed by atoms with Gasteiger partial charge in [0.25, 0.3) is 0 Å². The molecule has 0 bridgehead atoms. The number of fused-ring (bicyclic) bond motifs is 1. The van der Waals surface area contributed by atoms with E-state index in [4.69, 9.17) is 15.0 Å². The molecule has 1 aliphatic heterocycles. The lowest BCUT2D eigenvalue weighted by atomic mass is 10.1. The van der Waals surface area contributed by atoms with Crippen molar-refractivity contribution in [3.05, 3.63) is 17.0 Å². The summed E-state index contributed by atoms with van der Waals surface area (Å²) in [5, 5.41) is 3.79. The smallest absolute Gasteiger partial charge is 0.214 e. The Bertz CT molecular complexity index is 332. The number of aromatic nitrogens is 1. The molecule has 5 nitrogen and oxygen atoms in total. The maximum absolute atomic E-state index is 11.2. The van der Waals surface area contributed by atoms with E-state index in [1.165, 1.54) is 0 Å². The maximum atomic E-state index is 11.2. The molecule has 0 radical (unpaired) electrons. The molecule has 0 spiro atoms. The number of nitrogens with zero attached hydrogens (tertiary/aromatic N) is 1. The summed E-state index contributed by atoms with van der Waals surface area (Å²) >= 11 is 0. The third-order valence-electron chi connectivity index (χ3n) is 2.04. The Morgan fingerprint density at radius 2 is 2.46 bits per heavy atom. The molecule has 0 aromatic carbocycles. The van der Waals surface area contributed by atoms with Gasteiger partial charge in [0.05, 0.1) is 31.0 Å². The Kier molecular flexibility index (Phi) is 2.12. The molecule has 1 aromatic rings. The largest absolute Gasteiger partial charge is 0.376 e. The highest BCUT2D eigenvalue weighted by molar-refractivity contribution is 5.96. The topological polar surface area (TPSA) is 78.4 Å². The summed E-state index contributed by atoms with van der Waals surface area (Å²) < 4.78 is 10.1. The summed E-state index contributed by atoms with van der Waals surface area (Å²) in [6.07, 6.45) is 0.705. The number of rotatable bonds is 2. The van der Waals surface area contributed by atoms with Crippen LogP contribution in [0.1, 0.15) is 21.8 Å². The number of nitrogens with two attached hydrogens (primary N) is 1. The number of ether oxygens (including phenoxy) is 1. The minimum absolute atomic E-state index is 0.0539. The zero-order valence-electron chi connectivity index (χ0n) is 7.08. The molecular weight excluding hydrogens is 172 g/mol. The van der Waals surface area contributed by atoms with E-state index in [-0.39, 0.29) is 18.1 Å². The molecule has 0 fully saturated rings. The quantitative estimate of drug-likeness (QED) is 0.645. The van der Waals surface area contributed by atoms with Gasteiger partial charge in [-0.15, -0.1) is 0 Å². The van der Waals surface area contributed by atoms with Crippen molar-refractivity contribution in [1.82, 2.24) is 5.16 Å². The summed E-state index contributed by atoms with van der Waals surface area (Å²) in [6, 6.07) is 0. The minimum atomic E-state index is -0.223. The lowest BCUT2D eigenvalue weighted by Gasteiger charge is -2.09. The Morgan fingerprint density at radius 3 is 3.23 bits per heavy atom. The van der Waals surface area contributed by atoms with Crippen molar-refractivity contribution in [2.75, 3.05) is 13.2 Å². The van der Waals surface area contributed by atoms with Crippen LogP contribution in [-0.4, -0.2) is 24.1 Å². The van der Waals surface area contributed by atoms with Gasteiger partial charge >= 0.3 is 0 Å². The molecular formula is C8H10N2O3. The van der Waals surface area contributed by atoms with Gasteiger partial charge in [0.15, 0.2) is 0 Å². The molecule has 2 N–H and O–H groups in total. The van der Waals surface area contributed by atoms with Crippen LogP contribution in [0.4, 0.5) is 0 Å². The van der Waals surface area contributed by atoms with Gasteiger partial charge in [-0.1, -0.05) is 5.16 Å². The van der Waals surface area contributed by atoms with E-state index in [1.54, 1.807) is 0 Å². The van der Waals surface area contributed by atoms with E-state index < -0.39 is 0 Å². The van der Waals surface area contributed by atoms with Gasteiger partial charge in [-0.3, -0.25) is 4.79 Å². The van der Waals surface area contributed by atoms with Crippen molar-refractivity contribution in [3.8, 4) is 0 Å². The van der Waals surface area contributed by atoms with Gasteiger partial charge in [-0.25, -0.2) is 0 Å². The van der Waals surface area contributed by atoms with E-state index in [0.717, 1.165) is 11.3 Å². The van der Waals surface area contributed by atoms with E-state index in [9.17, 15) is 4.79 Å². The van der Waals surface area contributed by atoms with Crippen LogP contribution in [0, 0.1) is 0 Å². The summed E-state index contributed by atoms with van der Waals surface area (Å²) in [4.78, 5) is 11.2. The Balaban J connectivity index is 2.36. The van der Waals surface area contributed by atoms with Crippen LogP contribution in [0.25, 0.3) is 0 Å². The third kappa shape index (κ3) is 1.36. The molecule has 70 valence electrons. The fourth-order valence-corrected chi connectivity index (χ4v) is 1.34. The van der Waals surface area contributed by atoms with Gasteiger partial charge < -0.3 is 15.0 Å². The molecule has 5 heteroatoms. The highest BCUT2D eigenvalue weighted by Crippen LogP contribution is 2.20. The summed E-state index contributed by atoms with van der Waals surface area (Å²) in [5.74, 6) is 0.0384. The van der Waals surface area contributed by atoms with Gasteiger partial charge in [0.2, 0.25) is 11.5 Å². The van der Waals surface area contributed by atoms with Gasteiger partial charge in [-0.05, 0) is 0 Å². The molecule has 2 heterocycles. The van der Waals surface area contributed by atoms with E-state index >= 15 is 0 Å². The number of carbonyl (C=O) groups is 1. The first-order valence-electron chi connectivity index (χ1n) is 4.11. The summed E-state index contributed by atoms with van der Waals surface area (Å²) in [7, 11) is 0. The Hall–Kier alpha value is -1.20. The Labute approximate surface area is 74.8 Å². The Morgan fingerprint density at radius 1 is 1.62 bits per heavy atom. The van der Waals surface area contributed by atoms with E-state index in [2.05, 4.69) is 5.16 Å². The fraction of sp³-hybridized carbons (Fsp3) is 0.500. The first-order chi connectivity index (χ1) is 6.33. The molecule has 1 aliphatic rings. The number of Topliss-reactive ketones (excluding diaryl/α,β-unsaturated/α-hetero) is 1. The average molecular weight is 182 g/mol. The molecule has 0 unspecified atom stereocenters. The second-order valence-corrected chi connectivity index (χ2v) is 2.87. The predicted octanol–water partition coefficient (Wildman–Crippen LogP) is -0.111. The first kappa shape index (κ1) is 8.40. The van der Waals surface area contributed by atoms with Crippen molar-refractivity contribution >= 4 is 5.78 Å². The van der Waals surface area contributed by atoms with Gasteiger partial charge in [0, 0.05) is 6.42 Å². The van der Waals surface area contributed by atoms with Crippen LogP contribution < -0.4 is 5.73 Å². The van der Waals surface area contributed by atoms with Crippen LogP contribution in [0.15, 0.2) is 4.52 Å². The normalized spacial score (nSPS) is 15.5. The summed E-state index contributed by atoms with van der Waals surface area (Å²) in [6.45, 7) is 0.983. The van der Waals surface area contributed by atoms with E-state index in [0.29, 0.717) is 19.6 Å². The second kappa shape index (κ2) is 3.27. The molecule has 13 heavy (non-hydrogen) atoms. The molecule has 0 amide bonds. The summed E-state index contributed by atoms with van der Waals surface area (Å²) in [5.41, 5.74) is 6.81. The van der Waals surface area contributed by atoms with Gasteiger partial charge in [-0.2, -0.15) is 0 Å². The lowest BCUT2D eigenvalue weighted by Crippen LogP contribution is -2.17. The lowest BCUT2D eigenvalue weighted by molar-refractivity contribution is 0.0943. The van der Waals surface area contributed by atoms with Crippen molar-refractivity contribution in [2.24, 2.45) is 5.73 Å². The number of ketones is 1. The first-order valence-corrected chi connectivity index (χ1v) is 4.11. The highest BCUT2D eigenvalue weighted by Gasteiger charge is 2.23. The van der Waals surface area contributed by atoms with E-state index in [1.807, 2.05) is 0 Å². The van der Waals surface area contributed by atoms with Crippen molar-refractivity contribution < 1.29 is 14.1 Å². The van der Waals surface area contributed by atoms with Crippen LogP contribution in [0.3, 0.4) is 0 Å². The molecule has 2 rings (SSSR count). The fourth-order valence-electron chi connectivity index (χ4n) is 1.34. The molecule has 0 saturated heterocycles. The van der Waals surface area contributed by atoms with Crippen LogP contribution in [-0.2, 0) is 17.8 Å². The van der Waals surface area contributed by atoms with Crippen LogP contribution in [0.2, 0.25) is 0 Å². The molecule has 0 saturated carbocycles. The third-order valence-corrected chi connectivity index (χ3v) is 2.04. The zero-order valence-corrected chi connectivity index (χ0v) is 7.08. The molecule has 0 atom stereocenters.